The number of hydrogen-bond donors (Lipinski definition) is 0. The smallest absolute Gasteiger partial charge is 0.270 e. The van der Waals surface area contributed by atoms with Crippen LogP contribution in [0, 0.1) is 5.82 Å². The zero-order valence-corrected chi connectivity index (χ0v) is 17.2. The molecule has 4 aromatic rings. The van der Waals surface area contributed by atoms with Gasteiger partial charge in [0.05, 0.1) is 11.8 Å². The van der Waals surface area contributed by atoms with Crippen molar-refractivity contribution in [3.05, 3.63) is 95.6 Å². The Morgan fingerprint density at radius 3 is 2.42 bits per heavy atom. The number of nitrogens with zero attached hydrogens (tertiary/aromatic N) is 3. The Bertz CT molecular complexity index is 1190. The monoisotopic (exact) mass is 417 g/mol. The molecule has 3 heterocycles. The molecule has 1 aliphatic heterocycles. The number of carbonyl (C=O) groups is 1. The number of aromatic nitrogens is 1. The normalized spacial score (nSPS) is 14.9. The lowest BCUT2D eigenvalue weighted by Crippen LogP contribution is -2.48. The van der Waals surface area contributed by atoms with Gasteiger partial charge in [0.15, 0.2) is 5.58 Å². The predicted octanol–water partition coefficient (Wildman–Crippen LogP) is 4.38. The van der Waals surface area contributed by atoms with Crippen molar-refractivity contribution < 1.29 is 13.6 Å². The summed E-state index contributed by atoms with van der Waals surface area (Å²) >= 11 is 0. The van der Waals surface area contributed by atoms with Crippen molar-refractivity contribution in [2.75, 3.05) is 26.2 Å². The van der Waals surface area contributed by atoms with Crippen LogP contribution in [0.25, 0.3) is 11.1 Å². The lowest BCUT2D eigenvalue weighted by atomic mass is 10.2. The summed E-state index contributed by atoms with van der Waals surface area (Å²) in [5.41, 5.74) is 4.18. The van der Waals surface area contributed by atoms with Gasteiger partial charge in [-0.3, -0.25) is 9.69 Å². The average molecular weight is 417 g/mol. The van der Waals surface area contributed by atoms with Crippen LogP contribution in [0.2, 0.25) is 0 Å². The van der Waals surface area contributed by atoms with Crippen molar-refractivity contribution in [2.24, 2.45) is 0 Å². The first kappa shape index (κ1) is 19.6. The van der Waals surface area contributed by atoms with Gasteiger partial charge in [-0.25, -0.2) is 4.39 Å². The summed E-state index contributed by atoms with van der Waals surface area (Å²) in [6.07, 6.45) is 1.61. The molecule has 1 fully saturated rings. The molecule has 1 amide bonds. The van der Waals surface area contributed by atoms with E-state index in [0.29, 0.717) is 30.9 Å². The summed E-state index contributed by atoms with van der Waals surface area (Å²) in [5, 5.41) is 0. The molecule has 0 unspecified atom stereocenters. The van der Waals surface area contributed by atoms with Gasteiger partial charge in [0, 0.05) is 51.4 Å². The topological polar surface area (TPSA) is 41.6 Å². The van der Waals surface area contributed by atoms with E-state index >= 15 is 0 Å². The molecule has 31 heavy (non-hydrogen) atoms. The van der Waals surface area contributed by atoms with Crippen LogP contribution in [0.5, 0.6) is 0 Å². The minimum absolute atomic E-state index is 0.0119. The first-order valence-electron chi connectivity index (χ1n) is 10.5. The molecule has 0 bridgehead atoms. The summed E-state index contributed by atoms with van der Waals surface area (Å²) in [4.78, 5) is 17.7. The number of benzene rings is 2. The van der Waals surface area contributed by atoms with Crippen molar-refractivity contribution in [3.8, 4) is 0 Å². The highest BCUT2D eigenvalue weighted by Crippen LogP contribution is 2.24. The molecule has 0 atom stereocenters. The lowest BCUT2D eigenvalue weighted by molar-refractivity contribution is 0.0619. The summed E-state index contributed by atoms with van der Waals surface area (Å²) < 4.78 is 21.2. The van der Waals surface area contributed by atoms with E-state index in [9.17, 15) is 9.18 Å². The summed E-state index contributed by atoms with van der Waals surface area (Å²) in [6, 6.07) is 20.5. The molecule has 6 heteroatoms. The molecule has 5 nitrogen and oxygen atoms in total. The quantitative estimate of drug-likeness (QED) is 0.484. The van der Waals surface area contributed by atoms with Crippen LogP contribution in [0.4, 0.5) is 4.39 Å². The first-order valence-corrected chi connectivity index (χ1v) is 10.5. The maximum Gasteiger partial charge on any atom is 0.270 e. The van der Waals surface area contributed by atoms with E-state index in [1.54, 1.807) is 18.4 Å². The third kappa shape index (κ3) is 4.11. The lowest BCUT2D eigenvalue weighted by Gasteiger charge is -2.35. The number of piperazine rings is 1. The van der Waals surface area contributed by atoms with Crippen LogP contribution in [-0.2, 0) is 13.1 Å². The maximum absolute atomic E-state index is 13.7. The van der Waals surface area contributed by atoms with Gasteiger partial charge in [-0.2, -0.15) is 0 Å². The van der Waals surface area contributed by atoms with Crippen molar-refractivity contribution in [1.82, 2.24) is 14.4 Å². The number of rotatable bonds is 5. The number of halogens is 1. The van der Waals surface area contributed by atoms with E-state index in [1.807, 2.05) is 27.7 Å². The number of carbonyl (C=O) groups excluding carboxylic acids is 1. The van der Waals surface area contributed by atoms with Gasteiger partial charge < -0.3 is 13.9 Å². The van der Waals surface area contributed by atoms with Gasteiger partial charge in [-0.05, 0) is 23.3 Å². The average Bonchev–Trinajstić information content (AvgIpc) is 3.37. The highest BCUT2D eigenvalue weighted by Gasteiger charge is 2.26. The predicted molar refractivity (Wildman–Crippen MR) is 117 cm³/mol. The van der Waals surface area contributed by atoms with E-state index in [-0.39, 0.29) is 11.7 Å². The van der Waals surface area contributed by atoms with E-state index < -0.39 is 0 Å². The molecule has 0 radical (unpaired) electrons. The summed E-state index contributed by atoms with van der Waals surface area (Å²) in [7, 11) is 0. The molecule has 0 spiro atoms. The Morgan fingerprint density at radius 1 is 0.871 bits per heavy atom. The van der Waals surface area contributed by atoms with Crippen molar-refractivity contribution in [3.63, 3.8) is 0 Å². The molecule has 0 saturated carbocycles. The molecule has 2 aromatic carbocycles. The molecule has 2 aromatic heterocycles. The second-order valence-electron chi connectivity index (χ2n) is 7.97. The third-order valence-electron chi connectivity index (χ3n) is 5.88. The minimum Gasteiger partial charge on any atom is -0.463 e. The Hall–Kier alpha value is -3.38. The second kappa shape index (κ2) is 8.40. The Labute approximate surface area is 180 Å². The zero-order valence-electron chi connectivity index (χ0n) is 17.2. The van der Waals surface area contributed by atoms with Crippen LogP contribution in [0.1, 0.15) is 21.6 Å². The van der Waals surface area contributed by atoms with Crippen LogP contribution < -0.4 is 0 Å². The number of furan rings is 1. The molecule has 0 aliphatic carbocycles. The number of hydrogen-bond acceptors (Lipinski definition) is 3. The van der Waals surface area contributed by atoms with E-state index in [0.717, 1.165) is 30.7 Å². The molecule has 1 saturated heterocycles. The summed E-state index contributed by atoms with van der Waals surface area (Å²) in [5.74, 6) is -0.294. The van der Waals surface area contributed by atoms with Gasteiger partial charge in [0.2, 0.25) is 0 Å². The van der Waals surface area contributed by atoms with Gasteiger partial charge >= 0.3 is 0 Å². The Kier molecular flexibility index (Phi) is 5.30. The van der Waals surface area contributed by atoms with Crippen LogP contribution in [-0.4, -0.2) is 46.5 Å². The fourth-order valence-electron chi connectivity index (χ4n) is 4.26. The Morgan fingerprint density at radius 2 is 1.65 bits per heavy atom. The molecule has 1 aliphatic rings. The van der Waals surface area contributed by atoms with E-state index in [4.69, 9.17) is 4.42 Å². The molecular formula is C25H24FN3O2. The minimum atomic E-state index is -0.282. The molecular weight excluding hydrogens is 393 g/mol. The Balaban J connectivity index is 1.33. The number of amides is 1. The van der Waals surface area contributed by atoms with Gasteiger partial charge in [0.1, 0.15) is 11.5 Å². The molecule has 5 rings (SSSR count). The van der Waals surface area contributed by atoms with Gasteiger partial charge in [-0.1, -0.05) is 42.5 Å². The fraction of sp³-hybridized carbons (Fsp3) is 0.240. The first-order chi connectivity index (χ1) is 15.2. The van der Waals surface area contributed by atoms with E-state index in [2.05, 4.69) is 29.2 Å². The van der Waals surface area contributed by atoms with Crippen LogP contribution >= 0.6 is 0 Å². The van der Waals surface area contributed by atoms with E-state index in [1.165, 1.54) is 17.7 Å². The van der Waals surface area contributed by atoms with Crippen LogP contribution in [0.3, 0.4) is 0 Å². The second-order valence-corrected chi connectivity index (χ2v) is 7.97. The highest BCUT2D eigenvalue weighted by molar-refractivity contribution is 5.97. The highest BCUT2D eigenvalue weighted by atomic mass is 19.1. The van der Waals surface area contributed by atoms with Crippen molar-refractivity contribution in [1.29, 1.82) is 0 Å². The van der Waals surface area contributed by atoms with Crippen molar-refractivity contribution in [2.45, 2.75) is 13.1 Å². The SMILES string of the molecule is O=C(c1cc2occc2n1Cc1cccc(F)c1)N1CCN(Cc2ccccc2)CC1. The molecule has 0 N–H and O–H groups in total. The fourth-order valence-corrected chi connectivity index (χ4v) is 4.26. The van der Waals surface area contributed by atoms with Gasteiger partial charge in [-0.15, -0.1) is 0 Å². The largest absolute Gasteiger partial charge is 0.463 e. The standard InChI is InChI=1S/C25H24FN3O2/c26-21-8-4-7-20(15-21)18-29-22-9-14-31-24(22)16-23(29)25(30)28-12-10-27(11-13-28)17-19-5-2-1-3-6-19/h1-9,14-16H,10-13,17-18H2. The molecule has 158 valence electrons. The summed E-state index contributed by atoms with van der Waals surface area (Å²) in [6.45, 7) is 4.33. The van der Waals surface area contributed by atoms with Crippen LogP contribution in [0.15, 0.2) is 77.4 Å². The third-order valence-corrected chi connectivity index (χ3v) is 5.88. The number of fused-ring (bicyclic) bond motifs is 1. The van der Waals surface area contributed by atoms with Crippen molar-refractivity contribution >= 4 is 17.0 Å². The maximum atomic E-state index is 13.7. The zero-order chi connectivity index (χ0) is 21.2. The van der Waals surface area contributed by atoms with Gasteiger partial charge in [0.25, 0.3) is 5.91 Å².